The van der Waals surface area contributed by atoms with Gasteiger partial charge < -0.3 is 14.2 Å². The van der Waals surface area contributed by atoms with Crippen molar-refractivity contribution in [1.29, 1.82) is 0 Å². The second-order valence-electron chi connectivity index (χ2n) is 8.53. The fourth-order valence-corrected chi connectivity index (χ4v) is 3.27. The molecule has 148 valence electrons. The molecule has 0 N–H and O–H groups in total. The molecule has 0 bridgehead atoms. The van der Waals surface area contributed by atoms with Gasteiger partial charge in [-0.15, -0.1) is 0 Å². The van der Waals surface area contributed by atoms with Crippen LogP contribution >= 0.6 is 0 Å². The number of nitrogens with zero attached hydrogens (tertiary/aromatic N) is 2. The van der Waals surface area contributed by atoms with Crippen molar-refractivity contribution in [3.8, 4) is 0 Å². The van der Waals surface area contributed by atoms with E-state index in [2.05, 4.69) is 51.1 Å². The maximum absolute atomic E-state index is 11.6. The summed E-state index contributed by atoms with van der Waals surface area (Å²) in [5.74, 6) is 1.41. The van der Waals surface area contributed by atoms with E-state index in [0.29, 0.717) is 30.7 Å². The minimum atomic E-state index is -0.00120. The highest BCUT2D eigenvalue weighted by Crippen LogP contribution is 2.22. The molecule has 0 aromatic rings. The Bertz CT molecular complexity index is 417. The first-order valence-electron chi connectivity index (χ1n) is 9.97. The summed E-state index contributed by atoms with van der Waals surface area (Å²) in [4.78, 5) is 15.9. The van der Waals surface area contributed by atoms with Crippen LogP contribution in [-0.2, 0) is 14.1 Å². The van der Waals surface area contributed by atoms with Gasteiger partial charge in [0.25, 0.3) is 0 Å². The maximum Gasteiger partial charge on any atom is 0.459 e. The second-order valence-corrected chi connectivity index (χ2v) is 8.53. The minimum Gasteiger partial charge on any atom is -0.410 e. The van der Waals surface area contributed by atoms with Crippen LogP contribution in [0.1, 0.15) is 27.7 Å². The van der Waals surface area contributed by atoms with Crippen LogP contribution in [0.25, 0.3) is 0 Å². The highest BCUT2D eigenvalue weighted by Gasteiger charge is 2.26. The van der Waals surface area contributed by atoms with Crippen LogP contribution in [0.4, 0.5) is 0 Å². The average Bonchev–Trinajstić information content (AvgIpc) is 2.48. The quantitative estimate of drug-likeness (QED) is 0.557. The summed E-state index contributed by atoms with van der Waals surface area (Å²) in [5.41, 5.74) is 1.26. The van der Waals surface area contributed by atoms with Gasteiger partial charge in [0.2, 0.25) is 0 Å². The van der Waals surface area contributed by atoms with Crippen LogP contribution < -0.4 is 0 Å². The zero-order valence-corrected chi connectivity index (χ0v) is 17.8. The summed E-state index contributed by atoms with van der Waals surface area (Å²) < 4.78 is 11.1. The predicted octanol–water partition coefficient (Wildman–Crippen LogP) is 2.83. The van der Waals surface area contributed by atoms with Crippen molar-refractivity contribution in [3.05, 3.63) is 12.2 Å². The molecule has 0 atom stereocenters. The van der Waals surface area contributed by atoms with Gasteiger partial charge in [0, 0.05) is 32.8 Å². The van der Waals surface area contributed by atoms with Gasteiger partial charge >= 0.3 is 7.12 Å². The van der Waals surface area contributed by atoms with Crippen LogP contribution in [-0.4, -0.2) is 82.9 Å². The lowest BCUT2D eigenvalue weighted by molar-refractivity contribution is -0.117. The number of carbonyl (C=O) groups is 1. The number of ketones is 1. The third-order valence-electron chi connectivity index (χ3n) is 4.98. The first-order chi connectivity index (χ1) is 12.2. The molecule has 0 aliphatic carbocycles. The Hall–Kier alpha value is -0.620. The molecule has 0 spiro atoms. The topological polar surface area (TPSA) is 42.0 Å². The van der Waals surface area contributed by atoms with Crippen LogP contribution in [0.3, 0.4) is 0 Å². The van der Waals surface area contributed by atoms with E-state index in [1.807, 2.05) is 7.05 Å². The van der Waals surface area contributed by atoms with E-state index in [-0.39, 0.29) is 7.12 Å². The molecule has 0 amide bonds. The normalized spacial score (nSPS) is 21.8. The van der Waals surface area contributed by atoms with Crippen LogP contribution in [0.5, 0.6) is 0 Å². The SMILES string of the molecule is C=C1CB(C(C)C)CC(=O)CN(C)C1.CC(C)B1OCCN(C)CCO1. The lowest BCUT2D eigenvalue weighted by atomic mass is 9.36. The van der Waals surface area contributed by atoms with Gasteiger partial charge in [-0.2, -0.15) is 0 Å². The van der Waals surface area contributed by atoms with E-state index in [9.17, 15) is 4.79 Å². The third-order valence-corrected chi connectivity index (χ3v) is 4.98. The van der Waals surface area contributed by atoms with Crippen molar-refractivity contribution in [2.75, 3.05) is 53.5 Å². The van der Waals surface area contributed by atoms with Gasteiger partial charge in [-0.25, -0.2) is 0 Å². The highest BCUT2D eigenvalue weighted by atomic mass is 16.6. The van der Waals surface area contributed by atoms with E-state index in [4.69, 9.17) is 9.31 Å². The third kappa shape index (κ3) is 9.36. The fourth-order valence-electron chi connectivity index (χ4n) is 3.27. The highest BCUT2D eigenvalue weighted by molar-refractivity contribution is 6.64. The summed E-state index contributed by atoms with van der Waals surface area (Å²) >= 11 is 0. The Kier molecular flexibility index (Phi) is 10.8. The molecule has 0 saturated carbocycles. The zero-order valence-electron chi connectivity index (χ0n) is 17.8. The summed E-state index contributed by atoms with van der Waals surface area (Å²) in [5, 5.41) is 0. The first-order valence-corrected chi connectivity index (χ1v) is 9.97. The van der Waals surface area contributed by atoms with Crippen molar-refractivity contribution in [3.63, 3.8) is 0 Å². The maximum atomic E-state index is 11.6. The van der Waals surface area contributed by atoms with Crippen LogP contribution in [0.2, 0.25) is 24.3 Å². The van der Waals surface area contributed by atoms with E-state index in [1.54, 1.807) is 0 Å². The van der Waals surface area contributed by atoms with Crippen molar-refractivity contribution in [1.82, 2.24) is 9.80 Å². The molecule has 0 aromatic carbocycles. The molecular weight excluding hydrogens is 326 g/mol. The molecule has 2 aliphatic heterocycles. The van der Waals surface area contributed by atoms with Gasteiger partial charge in [-0.3, -0.25) is 9.69 Å². The average molecular weight is 364 g/mol. The Morgan fingerprint density at radius 2 is 1.50 bits per heavy atom. The number of carbonyl (C=O) groups excluding carboxylic acids is 1. The van der Waals surface area contributed by atoms with E-state index in [0.717, 1.165) is 45.5 Å². The summed E-state index contributed by atoms with van der Waals surface area (Å²) in [7, 11) is 4.07. The standard InChI is InChI=1S/C11H20BNO.C8H18BNO2/c1-9(2)12-5-10(3)7-13(4)8-11(14)6-12;1-8(2)9-11-6-4-10(3)5-7-12-9/h9H,3,5-8H2,1-2,4H3;8H,4-7H2,1-3H3. The second kappa shape index (κ2) is 12.0. The van der Waals surface area contributed by atoms with Gasteiger partial charge in [-0.1, -0.05) is 52.0 Å². The van der Waals surface area contributed by atoms with Gasteiger partial charge in [0.05, 0.1) is 6.54 Å². The smallest absolute Gasteiger partial charge is 0.410 e. The molecule has 26 heavy (non-hydrogen) atoms. The van der Waals surface area contributed by atoms with Gasteiger partial charge in [0.1, 0.15) is 5.78 Å². The Labute approximate surface area is 161 Å². The largest absolute Gasteiger partial charge is 0.459 e. The molecule has 0 aromatic heterocycles. The molecule has 2 saturated heterocycles. The molecule has 0 unspecified atom stereocenters. The van der Waals surface area contributed by atoms with Crippen molar-refractivity contribution in [2.24, 2.45) is 0 Å². The lowest BCUT2D eigenvalue weighted by Gasteiger charge is -2.25. The minimum absolute atomic E-state index is 0.00120. The Morgan fingerprint density at radius 1 is 0.923 bits per heavy atom. The Morgan fingerprint density at radius 3 is 2.00 bits per heavy atom. The molecule has 2 rings (SSSR count). The Balaban J connectivity index is 0.000000263. The molecule has 2 fully saturated rings. The van der Waals surface area contributed by atoms with Gasteiger partial charge in [-0.05, 0) is 26.2 Å². The first kappa shape index (κ1) is 23.4. The van der Waals surface area contributed by atoms with Gasteiger partial charge in [0.15, 0.2) is 6.71 Å². The molecule has 2 aliphatic rings. The fraction of sp³-hybridized carbons (Fsp3) is 0.842. The van der Waals surface area contributed by atoms with Crippen molar-refractivity contribution >= 4 is 19.6 Å². The molecule has 5 nitrogen and oxygen atoms in total. The summed E-state index contributed by atoms with van der Waals surface area (Å²) in [6.07, 6.45) is 1.73. The monoisotopic (exact) mass is 364 g/mol. The van der Waals surface area contributed by atoms with E-state index >= 15 is 0 Å². The zero-order chi connectivity index (χ0) is 19.7. The predicted molar refractivity (Wildman–Crippen MR) is 112 cm³/mol. The van der Waals surface area contributed by atoms with E-state index in [1.165, 1.54) is 5.57 Å². The molecule has 0 radical (unpaired) electrons. The lowest BCUT2D eigenvalue weighted by Crippen LogP contribution is -2.38. The number of Topliss-reactive ketones (excluding diaryl/α,β-unsaturated/α-hetero) is 1. The van der Waals surface area contributed by atoms with E-state index < -0.39 is 0 Å². The summed E-state index contributed by atoms with van der Waals surface area (Å²) in [6, 6.07) is 0. The number of rotatable bonds is 2. The van der Waals surface area contributed by atoms with Crippen LogP contribution in [0.15, 0.2) is 12.2 Å². The summed E-state index contributed by atoms with van der Waals surface area (Å²) in [6.45, 7) is 18.2. The molecule has 7 heteroatoms. The van der Waals surface area contributed by atoms with Crippen molar-refractivity contribution < 1.29 is 14.1 Å². The number of hydrogen-bond donors (Lipinski definition) is 0. The van der Waals surface area contributed by atoms with Crippen LogP contribution in [0, 0.1) is 0 Å². The number of hydrogen-bond acceptors (Lipinski definition) is 5. The number of likely N-dealkylation sites (N-methyl/N-ethyl adjacent to an activating group) is 2. The molecule has 2 heterocycles. The van der Waals surface area contributed by atoms with Crippen molar-refractivity contribution in [2.45, 2.75) is 52.0 Å². The molecular formula is C19H38B2N2O3.